The quantitative estimate of drug-likeness (QED) is 0.425. The van der Waals surface area contributed by atoms with E-state index in [2.05, 4.69) is 6.07 Å². The third kappa shape index (κ3) is 1.83. The van der Waals surface area contributed by atoms with Crippen LogP contribution in [-0.2, 0) is 4.84 Å². The minimum absolute atomic E-state index is 0.00487. The van der Waals surface area contributed by atoms with Crippen molar-refractivity contribution in [2.24, 2.45) is 0 Å². The van der Waals surface area contributed by atoms with Crippen LogP contribution < -0.4 is 0 Å². The van der Waals surface area contributed by atoms with Crippen molar-refractivity contribution in [2.75, 3.05) is 13.2 Å². The van der Waals surface area contributed by atoms with E-state index in [4.69, 9.17) is 10.1 Å². The van der Waals surface area contributed by atoms with Crippen LogP contribution in [0.3, 0.4) is 0 Å². The van der Waals surface area contributed by atoms with Crippen LogP contribution in [0, 0.1) is 11.3 Å². The van der Waals surface area contributed by atoms with Crippen LogP contribution in [0.1, 0.15) is 6.92 Å². The zero-order valence-electron chi connectivity index (χ0n) is 5.95. The van der Waals surface area contributed by atoms with Gasteiger partial charge in [0, 0.05) is 0 Å². The first-order valence-electron chi connectivity index (χ1n) is 3.29. The van der Waals surface area contributed by atoms with Crippen LogP contribution in [0.5, 0.6) is 0 Å². The van der Waals surface area contributed by atoms with Gasteiger partial charge in [0.25, 0.3) is 0 Å². The van der Waals surface area contributed by atoms with Crippen molar-refractivity contribution in [3.63, 3.8) is 0 Å². The molecule has 2 unspecified atom stereocenters. The fourth-order valence-corrected chi connectivity index (χ4v) is 0.606. The Morgan fingerprint density at radius 3 is 3.20 bits per heavy atom. The molecule has 1 heterocycles. The summed E-state index contributed by atoms with van der Waals surface area (Å²) >= 11 is 0. The maximum atomic E-state index is 8.34. The standard InChI is InChI=1S/C7H10N2O/c1-2-3-4-10-9-6-7(9)5-8/h2-3,7H,4,6H2,1H3. The molecular weight excluding hydrogens is 128 g/mol. The highest BCUT2D eigenvalue weighted by molar-refractivity contribution is 5.02. The first-order chi connectivity index (χ1) is 4.88. The molecule has 10 heavy (non-hydrogen) atoms. The van der Waals surface area contributed by atoms with Gasteiger partial charge in [-0.25, -0.2) is 0 Å². The monoisotopic (exact) mass is 138 g/mol. The molecule has 0 amide bonds. The summed E-state index contributed by atoms with van der Waals surface area (Å²) in [7, 11) is 0. The lowest BCUT2D eigenvalue weighted by molar-refractivity contribution is -0.0546. The maximum absolute atomic E-state index is 8.34. The number of hydrogen-bond acceptors (Lipinski definition) is 3. The van der Waals surface area contributed by atoms with Crippen molar-refractivity contribution in [1.29, 1.82) is 5.26 Å². The Kier molecular flexibility index (Phi) is 2.43. The number of nitriles is 1. The predicted molar refractivity (Wildman–Crippen MR) is 36.9 cm³/mol. The van der Waals surface area contributed by atoms with E-state index in [1.807, 2.05) is 19.1 Å². The number of allylic oxidation sites excluding steroid dienone is 1. The molecule has 0 aliphatic carbocycles. The van der Waals surface area contributed by atoms with E-state index in [0.29, 0.717) is 6.61 Å². The van der Waals surface area contributed by atoms with Crippen molar-refractivity contribution < 1.29 is 4.84 Å². The van der Waals surface area contributed by atoms with Gasteiger partial charge in [-0.1, -0.05) is 12.2 Å². The minimum Gasteiger partial charge on any atom is -0.293 e. The van der Waals surface area contributed by atoms with E-state index in [1.54, 1.807) is 5.06 Å². The number of rotatable bonds is 3. The molecular formula is C7H10N2O. The highest BCUT2D eigenvalue weighted by Gasteiger charge is 2.35. The lowest BCUT2D eigenvalue weighted by Gasteiger charge is -1.96. The first kappa shape index (κ1) is 7.26. The number of hydroxylamine groups is 2. The van der Waals surface area contributed by atoms with E-state index in [9.17, 15) is 0 Å². The lowest BCUT2D eigenvalue weighted by Crippen LogP contribution is -2.01. The summed E-state index contributed by atoms with van der Waals surface area (Å²) in [5, 5.41) is 10.0. The highest BCUT2D eigenvalue weighted by atomic mass is 16.7. The van der Waals surface area contributed by atoms with Gasteiger partial charge in [-0.2, -0.15) is 10.3 Å². The summed E-state index contributed by atoms with van der Waals surface area (Å²) in [6, 6.07) is 2.10. The largest absolute Gasteiger partial charge is 0.293 e. The number of hydrogen-bond donors (Lipinski definition) is 0. The molecule has 3 nitrogen and oxygen atoms in total. The molecule has 1 saturated heterocycles. The fourth-order valence-electron chi connectivity index (χ4n) is 0.606. The third-order valence-corrected chi connectivity index (χ3v) is 1.29. The summed E-state index contributed by atoms with van der Waals surface area (Å²) in [6.45, 7) is 3.27. The van der Waals surface area contributed by atoms with Crippen molar-refractivity contribution >= 4 is 0 Å². The van der Waals surface area contributed by atoms with Crippen molar-refractivity contribution in [3.05, 3.63) is 12.2 Å². The van der Waals surface area contributed by atoms with Crippen LogP contribution in [0.15, 0.2) is 12.2 Å². The van der Waals surface area contributed by atoms with Gasteiger partial charge in [0.05, 0.1) is 19.2 Å². The summed E-state index contributed by atoms with van der Waals surface area (Å²) in [5.41, 5.74) is 0. The molecule has 0 aromatic rings. The molecule has 0 radical (unpaired) electrons. The molecule has 0 N–H and O–H groups in total. The molecule has 0 spiro atoms. The Morgan fingerprint density at radius 1 is 1.90 bits per heavy atom. The van der Waals surface area contributed by atoms with Crippen LogP contribution in [0.2, 0.25) is 0 Å². The molecule has 0 saturated carbocycles. The number of nitrogens with zero attached hydrogens (tertiary/aromatic N) is 2. The zero-order chi connectivity index (χ0) is 7.40. The van der Waals surface area contributed by atoms with Crippen molar-refractivity contribution in [2.45, 2.75) is 13.0 Å². The Labute approximate surface area is 60.5 Å². The van der Waals surface area contributed by atoms with E-state index >= 15 is 0 Å². The van der Waals surface area contributed by atoms with Crippen molar-refractivity contribution in [1.82, 2.24) is 5.06 Å². The molecule has 0 aromatic heterocycles. The van der Waals surface area contributed by atoms with Gasteiger partial charge in [0.15, 0.2) is 0 Å². The molecule has 54 valence electrons. The van der Waals surface area contributed by atoms with Crippen LogP contribution in [0.4, 0.5) is 0 Å². The molecule has 1 aliphatic rings. The van der Waals surface area contributed by atoms with Crippen LogP contribution in [0.25, 0.3) is 0 Å². The maximum Gasteiger partial charge on any atom is 0.137 e. The lowest BCUT2D eigenvalue weighted by atomic mass is 10.5. The van der Waals surface area contributed by atoms with Gasteiger partial charge in [0.1, 0.15) is 6.04 Å². The fraction of sp³-hybridized carbons (Fsp3) is 0.571. The SMILES string of the molecule is CC=CCON1CC1C#N. The average molecular weight is 138 g/mol. The van der Waals surface area contributed by atoms with Gasteiger partial charge in [0.2, 0.25) is 0 Å². The second kappa shape index (κ2) is 3.35. The molecule has 2 atom stereocenters. The predicted octanol–water partition coefficient (Wildman–Crippen LogP) is 0.702. The van der Waals surface area contributed by atoms with Crippen LogP contribution in [-0.4, -0.2) is 24.3 Å². The Morgan fingerprint density at radius 2 is 2.70 bits per heavy atom. The normalized spacial score (nSPS) is 30.4. The molecule has 3 heteroatoms. The van der Waals surface area contributed by atoms with Crippen LogP contribution >= 0.6 is 0 Å². The summed E-state index contributed by atoms with van der Waals surface area (Å²) < 4.78 is 0. The molecule has 1 fully saturated rings. The first-order valence-corrected chi connectivity index (χ1v) is 3.29. The smallest absolute Gasteiger partial charge is 0.137 e. The van der Waals surface area contributed by atoms with E-state index < -0.39 is 0 Å². The van der Waals surface area contributed by atoms with Gasteiger partial charge in [-0.05, 0) is 6.92 Å². The topological polar surface area (TPSA) is 36.0 Å². The second-order valence-corrected chi connectivity index (χ2v) is 2.11. The van der Waals surface area contributed by atoms with Gasteiger partial charge >= 0.3 is 0 Å². The van der Waals surface area contributed by atoms with Gasteiger partial charge in [-0.3, -0.25) is 4.84 Å². The Bertz CT molecular complexity index is 171. The second-order valence-electron chi connectivity index (χ2n) is 2.11. The van der Waals surface area contributed by atoms with E-state index in [-0.39, 0.29) is 6.04 Å². The average Bonchev–Trinajstić information content (AvgIpc) is 2.68. The van der Waals surface area contributed by atoms with E-state index in [0.717, 1.165) is 6.54 Å². The minimum atomic E-state index is 0.00487. The third-order valence-electron chi connectivity index (χ3n) is 1.29. The van der Waals surface area contributed by atoms with E-state index in [1.165, 1.54) is 0 Å². The highest BCUT2D eigenvalue weighted by Crippen LogP contribution is 2.15. The molecule has 0 bridgehead atoms. The molecule has 1 rings (SSSR count). The van der Waals surface area contributed by atoms with Gasteiger partial charge < -0.3 is 0 Å². The molecule has 1 aliphatic heterocycles. The Hall–Kier alpha value is -0.850. The van der Waals surface area contributed by atoms with Gasteiger partial charge in [-0.15, -0.1) is 0 Å². The summed E-state index contributed by atoms with van der Waals surface area (Å²) in [4.78, 5) is 5.12. The Balaban J connectivity index is 2.03. The summed E-state index contributed by atoms with van der Waals surface area (Å²) in [5.74, 6) is 0. The molecule has 0 aromatic carbocycles. The summed E-state index contributed by atoms with van der Waals surface area (Å²) in [6.07, 6.45) is 3.83. The zero-order valence-corrected chi connectivity index (χ0v) is 5.95. The van der Waals surface area contributed by atoms with Crippen molar-refractivity contribution in [3.8, 4) is 6.07 Å².